The molecule has 0 aliphatic heterocycles. The van der Waals surface area contributed by atoms with Crippen LogP contribution in [0.1, 0.15) is 91.9 Å². The third kappa shape index (κ3) is 5.35. The topological polar surface area (TPSA) is 26.3 Å². The molecule has 0 radical (unpaired) electrons. The average Bonchev–Trinajstić information content (AvgIpc) is 2.44. The molecule has 0 amide bonds. The molecule has 0 spiro atoms. The number of esters is 1. The number of alkyl halides is 1. The number of halogens is 1. The van der Waals surface area contributed by atoms with Crippen LogP contribution in [0, 0.1) is 23.2 Å². The highest BCUT2D eigenvalue weighted by molar-refractivity contribution is 14.1. The van der Waals surface area contributed by atoms with Crippen LogP contribution in [0.5, 0.6) is 0 Å². The molecule has 0 aromatic carbocycles. The van der Waals surface area contributed by atoms with Crippen molar-refractivity contribution in [3.8, 4) is 0 Å². The van der Waals surface area contributed by atoms with Gasteiger partial charge in [-0.05, 0) is 81.0 Å². The number of carbonyl (C=O) groups is 1. The third-order valence-electron chi connectivity index (χ3n) is 6.70. The Kier molecular flexibility index (Phi) is 7.46. The molecule has 2 rings (SSSR count). The summed E-state index contributed by atoms with van der Waals surface area (Å²) in [5.74, 6) is 2.57. The Labute approximate surface area is 163 Å². The molecule has 2 unspecified atom stereocenters. The fourth-order valence-electron chi connectivity index (χ4n) is 5.26. The Hall–Kier alpha value is 0.200. The Morgan fingerprint density at radius 3 is 2.25 bits per heavy atom. The Balaban J connectivity index is 1.86. The second-order valence-electron chi connectivity index (χ2n) is 9.35. The molecular formula is C21H37IO2. The molecule has 0 N–H and O–H groups in total. The van der Waals surface area contributed by atoms with Gasteiger partial charge in [-0.15, -0.1) is 0 Å². The largest absolute Gasteiger partial charge is 0.459 e. The van der Waals surface area contributed by atoms with Crippen LogP contribution in [0.15, 0.2) is 0 Å². The molecular weight excluding hydrogens is 411 g/mol. The zero-order valence-electron chi connectivity index (χ0n) is 16.2. The van der Waals surface area contributed by atoms with Crippen molar-refractivity contribution in [3.05, 3.63) is 0 Å². The van der Waals surface area contributed by atoms with E-state index in [-0.39, 0.29) is 17.0 Å². The molecule has 2 aliphatic rings. The molecule has 3 heteroatoms. The van der Waals surface area contributed by atoms with Crippen molar-refractivity contribution in [1.82, 2.24) is 0 Å². The zero-order valence-corrected chi connectivity index (χ0v) is 18.4. The minimum Gasteiger partial charge on any atom is -0.459 e. The first-order valence-electron chi connectivity index (χ1n) is 10.0. The normalized spacial score (nSPS) is 33.3. The molecule has 140 valence electrons. The van der Waals surface area contributed by atoms with Crippen LogP contribution in [0.3, 0.4) is 0 Å². The third-order valence-corrected chi connectivity index (χ3v) is 7.47. The van der Waals surface area contributed by atoms with Gasteiger partial charge in [0.15, 0.2) is 0 Å². The van der Waals surface area contributed by atoms with E-state index in [1.165, 1.54) is 49.4 Å². The lowest BCUT2D eigenvalue weighted by Crippen LogP contribution is -2.50. The minimum atomic E-state index is -0.343. The quantitative estimate of drug-likeness (QED) is 0.182. The maximum Gasteiger partial charge on any atom is 0.306 e. The van der Waals surface area contributed by atoms with Gasteiger partial charge in [-0.2, -0.15) is 0 Å². The summed E-state index contributed by atoms with van der Waals surface area (Å²) in [4.78, 5) is 12.4. The van der Waals surface area contributed by atoms with Crippen LogP contribution in [-0.4, -0.2) is 16.0 Å². The van der Waals surface area contributed by atoms with Gasteiger partial charge < -0.3 is 4.74 Å². The van der Waals surface area contributed by atoms with Crippen molar-refractivity contribution < 1.29 is 9.53 Å². The Morgan fingerprint density at radius 1 is 1.08 bits per heavy atom. The number of hydrogen-bond donors (Lipinski definition) is 0. The van der Waals surface area contributed by atoms with Gasteiger partial charge in [-0.1, -0.05) is 49.3 Å². The Bertz CT molecular complexity index is 400. The highest BCUT2D eigenvalue weighted by Gasteiger charge is 2.50. The molecule has 2 bridgehead atoms. The van der Waals surface area contributed by atoms with Gasteiger partial charge >= 0.3 is 5.97 Å². The molecule has 24 heavy (non-hydrogen) atoms. The van der Waals surface area contributed by atoms with E-state index >= 15 is 0 Å². The highest BCUT2D eigenvalue weighted by atomic mass is 127. The summed E-state index contributed by atoms with van der Waals surface area (Å²) in [5.41, 5.74) is -0.207. The van der Waals surface area contributed by atoms with E-state index in [2.05, 4.69) is 50.3 Å². The summed E-state index contributed by atoms with van der Waals surface area (Å²) in [6.45, 7) is 9.10. The smallest absolute Gasteiger partial charge is 0.306 e. The van der Waals surface area contributed by atoms with E-state index in [0.29, 0.717) is 6.42 Å². The molecule has 2 aliphatic carbocycles. The van der Waals surface area contributed by atoms with Crippen molar-refractivity contribution >= 4 is 28.6 Å². The fraction of sp³-hybridized carbons (Fsp3) is 0.952. The minimum absolute atomic E-state index is 0.0137. The van der Waals surface area contributed by atoms with Crippen LogP contribution < -0.4 is 0 Å². The van der Waals surface area contributed by atoms with E-state index < -0.39 is 0 Å². The van der Waals surface area contributed by atoms with Crippen molar-refractivity contribution in [2.75, 3.05) is 4.43 Å². The van der Waals surface area contributed by atoms with Crippen LogP contribution in [0.4, 0.5) is 0 Å². The second-order valence-corrected chi connectivity index (χ2v) is 10.4. The lowest BCUT2D eigenvalue weighted by atomic mass is 9.55. The van der Waals surface area contributed by atoms with Crippen molar-refractivity contribution in [1.29, 1.82) is 0 Å². The maximum absolute atomic E-state index is 12.4. The van der Waals surface area contributed by atoms with Crippen LogP contribution >= 0.6 is 22.6 Å². The standard InChI is InChI=1S/C21H37IO2/c1-16-11-17-13-18(12-16)15-21(4,14-17)20(2,3)24-19(23)9-7-5-6-8-10-22/h16-18H,5-15H2,1-4H3. The van der Waals surface area contributed by atoms with E-state index in [0.717, 1.165) is 30.6 Å². The van der Waals surface area contributed by atoms with Crippen molar-refractivity contribution in [3.63, 3.8) is 0 Å². The fourth-order valence-corrected chi connectivity index (χ4v) is 5.80. The molecule has 2 saturated carbocycles. The molecule has 0 aromatic rings. The number of fused-ring (bicyclic) bond motifs is 2. The van der Waals surface area contributed by atoms with Gasteiger partial charge in [-0.25, -0.2) is 0 Å². The second kappa shape index (κ2) is 8.73. The predicted molar refractivity (Wildman–Crippen MR) is 109 cm³/mol. The van der Waals surface area contributed by atoms with Crippen LogP contribution in [-0.2, 0) is 9.53 Å². The van der Waals surface area contributed by atoms with Gasteiger partial charge in [0, 0.05) is 11.8 Å². The summed E-state index contributed by atoms with van der Waals surface area (Å²) in [7, 11) is 0. The van der Waals surface area contributed by atoms with Gasteiger partial charge in [0.1, 0.15) is 5.60 Å². The number of carbonyl (C=O) groups excluding carboxylic acids is 1. The number of ether oxygens (including phenoxy) is 1. The number of hydrogen-bond acceptors (Lipinski definition) is 2. The Morgan fingerprint density at radius 2 is 1.67 bits per heavy atom. The summed E-state index contributed by atoms with van der Waals surface area (Å²) in [5, 5.41) is 0. The van der Waals surface area contributed by atoms with E-state index in [4.69, 9.17) is 4.74 Å². The molecule has 2 nitrogen and oxygen atoms in total. The zero-order chi connectivity index (χ0) is 17.8. The van der Waals surface area contributed by atoms with E-state index in [9.17, 15) is 4.79 Å². The first-order chi connectivity index (χ1) is 11.3. The summed E-state index contributed by atoms with van der Waals surface area (Å²) >= 11 is 2.42. The highest BCUT2D eigenvalue weighted by Crippen LogP contribution is 2.55. The summed E-state index contributed by atoms with van der Waals surface area (Å²) in [6, 6.07) is 0. The number of rotatable bonds is 8. The van der Waals surface area contributed by atoms with Crippen molar-refractivity contribution in [2.24, 2.45) is 23.2 Å². The van der Waals surface area contributed by atoms with E-state index in [1.807, 2.05) is 0 Å². The lowest BCUT2D eigenvalue weighted by Gasteiger charge is -2.53. The molecule has 2 fully saturated rings. The van der Waals surface area contributed by atoms with E-state index in [1.54, 1.807) is 0 Å². The monoisotopic (exact) mass is 448 g/mol. The molecule has 2 atom stereocenters. The van der Waals surface area contributed by atoms with Crippen LogP contribution in [0.2, 0.25) is 0 Å². The van der Waals surface area contributed by atoms with Crippen LogP contribution in [0.25, 0.3) is 0 Å². The molecule has 0 saturated heterocycles. The summed E-state index contributed by atoms with van der Waals surface area (Å²) in [6.07, 6.45) is 11.8. The maximum atomic E-state index is 12.4. The van der Waals surface area contributed by atoms with Gasteiger partial charge in [0.25, 0.3) is 0 Å². The van der Waals surface area contributed by atoms with Crippen molar-refractivity contribution in [2.45, 2.75) is 97.5 Å². The summed E-state index contributed by atoms with van der Waals surface area (Å²) < 4.78 is 7.26. The lowest BCUT2D eigenvalue weighted by molar-refractivity contribution is -0.178. The number of unbranched alkanes of at least 4 members (excludes halogenated alkanes) is 3. The van der Waals surface area contributed by atoms with Gasteiger partial charge in [0.2, 0.25) is 0 Å². The average molecular weight is 448 g/mol. The van der Waals surface area contributed by atoms with Gasteiger partial charge in [-0.3, -0.25) is 4.79 Å². The first-order valence-corrected chi connectivity index (χ1v) is 11.6. The van der Waals surface area contributed by atoms with Gasteiger partial charge in [0.05, 0.1) is 0 Å². The SMILES string of the molecule is CC1CC2CC(C1)CC(C)(C(C)(C)OC(=O)CCCCCCI)C2. The molecule has 0 aromatic heterocycles. The predicted octanol–water partition coefficient (Wildman–Crippen LogP) is 6.55. The molecule has 0 heterocycles. The first kappa shape index (κ1) is 20.5.